The molecule has 1 aliphatic carbocycles. The summed E-state index contributed by atoms with van der Waals surface area (Å²) in [5, 5.41) is 21.7. The second-order valence-corrected chi connectivity index (χ2v) is 12.8. The maximum Gasteiger partial charge on any atom is 0.290 e. The average Bonchev–Trinajstić information content (AvgIpc) is 3.15. The molecule has 2 aromatic rings. The van der Waals surface area contributed by atoms with Gasteiger partial charge in [0.25, 0.3) is 11.5 Å². The first-order valence-corrected chi connectivity index (χ1v) is 15.3. The number of hydrogen-bond donors (Lipinski definition) is 3. The molecule has 3 N–H and O–H groups in total. The number of allylic oxidation sites excluding steroid dienone is 4. The van der Waals surface area contributed by atoms with Crippen LogP contribution in [0.25, 0.3) is 11.3 Å². The van der Waals surface area contributed by atoms with E-state index in [9.17, 15) is 14.7 Å². The summed E-state index contributed by atoms with van der Waals surface area (Å²) in [7, 11) is 1.55. The second kappa shape index (κ2) is 11.8. The first-order chi connectivity index (χ1) is 21.5. The minimum Gasteiger partial charge on any atom is -0.392 e. The number of anilines is 2. The Morgan fingerprint density at radius 1 is 1.22 bits per heavy atom. The average molecular weight is 615 g/mol. The van der Waals surface area contributed by atoms with Crippen LogP contribution in [0, 0.1) is 11.3 Å². The molecule has 1 amide bonds. The van der Waals surface area contributed by atoms with Gasteiger partial charge in [0.1, 0.15) is 29.3 Å². The molecule has 11 nitrogen and oxygen atoms in total. The van der Waals surface area contributed by atoms with Crippen molar-refractivity contribution in [1.82, 2.24) is 25.0 Å². The van der Waals surface area contributed by atoms with Crippen molar-refractivity contribution in [2.75, 3.05) is 29.9 Å². The minimum absolute atomic E-state index is 0.0767. The highest BCUT2D eigenvalue weighted by Gasteiger charge is 2.37. The molecular formula is C33H39FN8O3. The Morgan fingerprint density at radius 2 is 2.02 bits per heavy atom. The number of halogens is 1. The number of nitrogens with zero attached hydrogens (tertiary/aromatic N) is 6. The van der Waals surface area contributed by atoms with Gasteiger partial charge in [0.15, 0.2) is 0 Å². The molecule has 0 saturated carbocycles. The highest BCUT2D eigenvalue weighted by Crippen LogP contribution is 2.43. The zero-order chi connectivity index (χ0) is 32.0. The lowest BCUT2D eigenvalue weighted by Crippen LogP contribution is -2.36. The molecule has 2 aromatic heterocycles. The number of carbonyl (C=O) groups is 1. The van der Waals surface area contributed by atoms with Gasteiger partial charge in [-0.05, 0) is 36.6 Å². The number of aliphatic hydroxyl groups is 1. The summed E-state index contributed by atoms with van der Waals surface area (Å²) in [5.74, 6) is -0.717. The molecule has 1 fully saturated rings. The molecule has 5 heterocycles. The molecule has 4 aliphatic rings. The predicted octanol–water partition coefficient (Wildman–Crippen LogP) is 3.76. The van der Waals surface area contributed by atoms with Crippen molar-refractivity contribution < 1.29 is 14.3 Å². The molecule has 12 heteroatoms. The van der Waals surface area contributed by atoms with E-state index in [4.69, 9.17) is 4.99 Å². The Hall–Kier alpha value is -4.42. The molecule has 6 rings (SSSR count). The van der Waals surface area contributed by atoms with Crippen molar-refractivity contribution in [2.45, 2.75) is 53.3 Å². The number of aliphatic imine (C=N–C) groups is 1. The van der Waals surface area contributed by atoms with Crippen LogP contribution in [-0.4, -0.2) is 62.3 Å². The fourth-order valence-corrected chi connectivity index (χ4v) is 6.21. The van der Waals surface area contributed by atoms with Crippen molar-refractivity contribution >= 4 is 23.2 Å². The lowest BCUT2D eigenvalue weighted by Gasteiger charge is -2.34. The highest BCUT2D eigenvalue weighted by atomic mass is 19.1. The van der Waals surface area contributed by atoms with Gasteiger partial charge in [-0.2, -0.15) is 5.10 Å². The number of nitrogens with one attached hydrogen (secondary N) is 2. The molecule has 45 heavy (non-hydrogen) atoms. The SMILES string of the molecule is CCN1CC[C@@H]2N=C(Nc3cc(-c4ccnc(N5C=CC6CC(C(C)(C)C)=CC(F)=C6C5=O)c4CO)nn(C)c3=O)C=C(C1)N2. The largest absolute Gasteiger partial charge is 0.392 e. The van der Waals surface area contributed by atoms with Crippen LogP contribution in [0.1, 0.15) is 46.1 Å². The number of likely N-dealkylation sites (N-methyl/N-ethyl adjacent to an activating group) is 1. The third-order valence-electron chi connectivity index (χ3n) is 8.79. The zero-order valence-electron chi connectivity index (χ0n) is 26.3. The molecule has 0 spiro atoms. The summed E-state index contributed by atoms with van der Waals surface area (Å²) in [6, 6.07) is 3.28. The quantitative estimate of drug-likeness (QED) is 0.465. The van der Waals surface area contributed by atoms with Crippen molar-refractivity contribution in [1.29, 1.82) is 0 Å². The van der Waals surface area contributed by atoms with Gasteiger partial charge in [-0.1, -0.05) is 39.3 Å². The van der Waals surface area contributed by atoms with Gasteiger partial charge in [0, 0.05) is 67.8 Å². The van der Waals surface area contributed by atoms with Crippen molar-refractivity contribution in [3.8, 4) is 11.3 Å². The molecule has 236 valence electrons. The summed E-state index contributed by atoms with van der Waals surface area (Å²) in [5.41, 5.74) is 2.92. The van der Waals surface area contributed by atoms with Gasteiger partial charge in [-0.15, -0.1) is 0 Å². The van der Waals surface area contributed by atoms with Gasteiger partial charge in [0.05, 0.1) is 17.9 Å². The van der Waals surface area contributed by atoms with Gasteiger partial charge in [-0.25, -0.2) is 19.0 Å². The predicted molar refractivity (Wildman–Crippen MR) is 172 cm³/mol. The van der Waals surface area contributed by atoms with Crippen LogP contribution in [0.2, 0.25) is 0 Å². The number of rotatable bonds is 5. The molecule has 0 aromatic carbocycles. The van der Waals surface area contributed by atoms with E-state index in [0.29, 0.717) is 29.1 Å². The fourth-order valence-electron chi connectivity index (χ4n) is 6.21. The minimum atomic E-state index is -0.550. The number of amidine groups is 1. The van der Waals surface area contributed by atoms with E-state index in [0.717, 1.165) is 37.3 Å². The van der Waals surface area contributed by atoms with Crippen molar-refractivity contribution in [2.24, 2.45) is 23.4 Å². The first-order valence-electron chi connectivity index (χ1n) is 15.3. The smallest absolute Gasteiger partial charge is 0.290 e. The molecule has 2 bridgehead atoms. The standard InChI is InChI=1S/C33H39FN8O3/c1-6-41-11-9-27-36-21(17-41)15-28(38-27)37-26-16-25(39-40(5)31(26)44)22-7-10-35-30(23(22)18-43)42-12-8-19-13-20(33(2,3)4)14-24(34)29(19)32(42)45/h7-8,10,12,14-16,19,27,36,43H,6,9,11,13,17-18H2,1-5H3,(H,37,38)/t19?,27-/m0/s1. The van der Waals surface area contributed by atoms with Gasteiger partial charge >= 0.3 is 0 Å². The third kappa shape index (κ3) is 5.87. The van der Waals surface area contributed by atoms with Crippen molar-refractivity contribution in [3.63, 3.8) is 0 Å². The summed E-state index contributed by atoms with van der Waals surface area (Å²) in [6.07, 6.45) is 9.60. The zero-order valence-corrected chi connectivity index (χ0v) is 26.3. The first kappa shape index (κ1) is 30.6. The van der Waals surface area contributed by atoms with Gasteiger partial charge in [0.2, 0.25) is 0 Å². The normalized spacial score (nSPS) is 21.9. The number of fused-ring (bicyclic) bond motifs is 3. The number of aryl methyl sites for hydroxylation is 1. The van der Waals surface area contributed by atoms with Crippen LogP contribution >= 0.6 is 0 Å². The number of pyridine rings is 1. The summed E-state index contributed by atoms with van der Waals surface area (Å²) in [4.78, 5) is 39.6. The molecule has 2 atom stereocenters. The Bertz CT molecular complexity index is 1760. The lowest BCUT2D eigenvalue weighted by atomic mass is 9.75. The fraction of sp³-hybridized carbons (Fsp3) is 0.424. The van der Waals surface area contributed by atoms with Crippen LogP contribution in [0.15, 0.2) is 75.2 Å². The summed E-state index contributed by atoms with van der Waals surface area (Å²) >= 11 is 0. The Morgan fingerprint density at radius 3 is 2.76 bits per heavy atom. The molecular weight excluding hydrogens is 575 g/mol. The van der Waals surface area contributed by atoms with Crippen LogP contribution in [0.4, 0.5) is 15.9 Å². The van der Waals surface area contributed by atoms with E-state index in [-0.39, 0.29) is 40.1 Å². The summed E-state index contributed by atoms with van der Waals surface area (Å²) in [6.45, 7) is 10.4. The van der Waals surface area contributed by atoms with Crippen LogP contribution in [0.5, 0.6) is 0 Å². The monoisotopic (exact) mass is 614 g/mol. The molecule has 0 radical (unpaired) electrons. The van der Waals surface area contributed by atoms with Crippen LogP contribution in [0.3, 0.4) is 0 Å². The van der Waals surface area contributed by atoms with Gasteiger partial charge < -0.3 is 15.7 Å². The lowest BCUT2D eigenvalue weighted by molar-refractivity contribution is -0.115. The van der Waals surface area contributed by atoms with Gasteiger partial charge in [-0.3, -0.25) is 19.4 Å². The van der Waals surface area contributed by atoms with Crippen LogP contribution < -0.4 is 21.1 Å². The Labute approximate surface area is 261 Å². The molecule has 3 aliphatic heterocycles. The second-order valence-electron chi connectivity index (χ2n) is 12.8. The van der Waals surface area contributed by atoms with E-state index in [2.05, 4.69) is 32.5 Å². The van der Waals surface area contributed by atoms with E-state index >= 15 is 4.39 Å². The number of aromatic nitrogens is 3. The third-order valence-corrected chi connectivity index (χ3v) is 8.79. The Kier molecular flexibility index (Phi) is 8.04. The number of amides is 1. The van der Waals surface area contributed by atoms with E-state index in [1.54, 1.807) is 25.4 Å². The maximum atomic E-state index is 15.4. The number of carbonyl (C=O) groups excluding carboxylic acids is 1. The number of aliphatic hydroxyl groups excluding tert-OH is 1. The van der Waals surface area contributed by atoms with E-state index in [1.165, 1.54) is 21.9 Å². The number of hydrogen-bond acceptors (Lipinski definition) is 9. The van der Waals surface area contributed by atoms with E-state index < -0.39 is 18.3 Å². The topological polar surface area (TPSA) is 128 Å². The highest BCUT2D eigenvalue weighted by molar-refractivity contribution is 6.09. The van der Waals surface area contributed by atoms with Crippen LogP contribution in [-0.2, 0) is 18.4 Å². The molecule has 1 unspecified atom stereocenters. The maximum absolute atomic E-state index is 15.4. The Balaban J connectivity index is 1.35. The van der Waals surface area contributed by atoms with Crippen molar-refractivity contribution in [3.05, 3.63) is 81.3 Å². The molecule has 1 saturated heterocycles. The summed E-state index contributed by atoms with van der Waals surface area (Å²) < 4.78 is 16.6. The van der Waals surface area contributed by atoms with E-state index in [1.807, 2.05) is 32.9 Å².